The standard InChI is InChI=1S/C17H22N2/c1-18-10-5-11-19(13-12-18)14-16-8-4-7-15-6-2-3-9-17(15)16/h2-4,6-9H,5,10-14H2,1H3/p+2. The molecule has 2 N–H and O–H groups in total. The van der Waals surface area contributed by atoms with E-state index in [1.807, 2.05) is 0 Å². The maximum atomic E-state index is 2.32. The summed E-state index contributed by atoms with van der Waals surface area (Å²) < 4.78 is 0. The highest BCUT2D eigenvalue weighted by Crippen LogP contribution is 2.17. The van der Waals surface area contributed by atoms with Crippen LogP contribution in [0.15, 0.2) is 42.5 Å². The Morgan fingerprint density at radius 1 is 0.895 bits per heavy atom. The predicted molar refractivity (Wildman–Crippen MR) is 79.6 cm³/mol. The summed E-state index contributed by atoms with van der Waals surface area (Å²) in [7, 11) is 2.32. The number of quaternary nitrogens is 2. The van der Waals surface area contributed by atoms with Crippen molar-refractivity contribution in [3.8, 4) is 0 Å². The molecule has 1 aliphatic heterocycles. The van der Waals surface area contributed by atoms with E-state index in [2.05, 4.69) is 49.5 Å². The molecule has 0 aliphatic carbocycles. The van der Waals surface area contributed by atoms with Gasteiger partial charge in [-0.25, -0.2) is 0 Å². The van der Waals surface area contributed by atoms with Crippen molar-refractivity contribution in [1.29, 1.82) is 0 Å². The van der Waals surface area contributed by atoms with Gasteiger partial charge in [0.1, 0.15) is 19.6 Å². The van der Waals surface area contributed by atoms with Crippen LogP contribution in [0.2, 0.25) is 0 Å². The molecule has 0 amide bonds. The molecule has 3 rings (SSSR count). The van der Waals surface area contributed by atoms with Gasteiger partial charge in [-0.2, -0.15) is 0 Å². The molecule has 2 heteroatoms. The Balaban J connectivity index is 1.81. The molecule has 19 heavy (non-hydrogen) atoms. The van der Waals surface area contributed by atoms with Crippen LogP contribution in [0.25, 0.3) is 10.8 Å². The molecule has 0 saturated carbocycles. The quantitative estimate of drug-likeness (QED) is 0.756. The number of benzene rings is 2. The molecular formula is C17H24N2+2. The highest BCUT2D eigenvalue weighted by molar-refractivity contribution is 5.85. The van der Waals surface area contributed by atoms with Crippen LogP contribution in [-0.2, 0) is 6.54 Å². The van der Waals surface area contributed by atoms with Gasteiger partial charge in [-0.15, -0.1) is 0 Å². The number of nitrogens with one attached hydrogen (secondary N) is 2. The van der Waals surface area contributed by atoms with Crippen molar-refractivity contribution < 1.29 is 9.80 Å². The van der Waals surface area contributed by atoms with Crippen LogP contribution in [-0.4, -0.2) is 33.2 Å². The fourth-order valence-corrected chi connectivity index (χ4v) is 3.17. The number of hydrogen-bond donors (Lipinski definition) is 2. The monoisotopic (exact) mass is 256 g/mol. The first-order valence-corrected chi connectivity index (χ1v) is 7.44. The van der Waals surface area contributed by atoms with Gasteiger partial charge in [0.05, 0.1) is 20.1 Å². The van der Waals surface area contributed by atoms with E-state index < -0.39 is 0 Å². The van der Waals surface area contributed by atoms with Gasteiger partial charge >= 0.3 is 0 Å². The minimum Gasteiger partial charge on any atom is -0.333 e. The van der Waals surface area contributed by atoms with Gasteiger partial charge < -0.3 is 9.80 Å². The molecule has 1 saturated heterocycles. The fourth-order valence-electron chi connectivity index (χ4n) is 3.17. The van der Waals surface area contributed by atoms with Crippen molar-refractivity contribution in [3.63, 3.8) is 0 Å². The lowest BCUT2D eigenvalue weighted by Crippen LogP contribution is -3.15. The van der Waals surface area contributed by atoms with Crippen LogP contribution in [0.5, 0.6) is 0 Å². The second-order valence-electron chi connectivity index (χ2n) is 5.88. The average Bonchev–Trinajstić information content (AvgIpc) is 2.64. The fraction of sp³-hybridized carbons (Fsp3) is 0.412. The summed E-state index contributed by atoms with van der Waals surface area (Å²) in [6.45, 7) is 6.43. The molecule has 0 bridgehead atoms. The van der Waals surface area contributed by atoms with Gasteiger partial charge in [0.2, 0.25) is 0 Å². The maximum absolute atomic E-state index is 2.32. The van der Waals surface area contributed by atoms with Crippen molar-refractivity contribution >= 4 is 10.8 Å². The Morgan fingerprint density at radius 2 is 1.74 bits per heavy atom. The largest absolute Gasteiger partial charge is 0.333 e. The Labute approximate surface area is 115 Å². The van der Waals surface area contributed by atoms with Crippen molar-refractivity contribution in [2.75, 3.05) is 33.2 Å². The molecular weight excluding hydrogens is 232 g/mol. The van der Waals surface area contributed by atoms with Gasteiger partial charge in [0, 0.05) is 12.0 Å². The molecule has 2 aromatic rings. The van der Waals surface area contributed by atoms with Crippen LogP contribution in [0.1, 0.15) is 12.0 Å². The van der Waals surface area contributed by atoms with E-state index in [-0.39, 0.29) is 0 Å². The van der Waals surface area contributed by atoms with Gasteiger partial charge in [-0.3, -0.25) is 0 Å². The SMILES string of the molecule is C[NH+]1CCC[NH+](Cc2cccc3ccccc23)CC1. The normalized spacial score (nSPS) is 24.3. The van der Waals surface area contributed by atoms with E-state index in [9.17, 15) is 0 Å². The summed E-state index contributed by atoms with van der Waals surface area (Å²) in [4.78, 5) is 3.43. The summed E-state index contributed by atoms with van der Waals surface area (Å²) in [5, 5.41) is 2.81. The van der Waals surface area contributed by atoms with E-state index in [1.165, 1.54) is 55.5 Å². The molecule has 1 aliphatic rings. The van der Waals surface area contributed by atoms with E-state index in [1.54, 1.807) is 9.80 Å². The summed E-state index contributed by atoms with van der Waals surface area (Å²) in [5.41, 5.74) is 1.51. The smallest absolute Gasteiger partial charge is 0.127 e. The van der Waals surface area contributed by atoms with Crippen molar-refractivity contribution in [2.24, 2.45) is 0 Å². The van der Waals surface area contributed by atoms with E-state index in [4.69, 9.17) is 0 Å². The molecule has 1 fully saturated rings. The first-order chi connectivity index (χ1) is 9.33. The van der Waals surface area contributed by atoms with Gasteiger partial charge in [-0.1, -0.05) is 42.5 Å². The topological polar surface area (TPSA) is 8.88 Å². The lowest BCUT2D eigenvalue weighted by atomic mass is 10.0. The number of likely N-dealkylation sites (N-methyl/N-ethyl adjacent to an activating group) is 1. The molecule has 2 nitrogen and oxygen atoms in total. The maximum Gasteiger partial charge on any atom is 0.127 e. The van der Waals surface area contributed by atoms with Crippen LogP contribution in [0.4, 0.5) is 0 Å². The molecule has 0 radical (unpaired) electrons. The van der Waals surface area contributed by atoms with Crippen molar-refractivity contribution in [2.45, 2.75) is 13.0 Å². The molecule has 2 unspecified atom stereocenters. The summed E-state index contributed by atoms with van der Waals surface area (Å²) in [6, 6.07) is 15.5. The van der Waals surface area contributed by atoms with E-state index >= 15 is 0 Å². The molecule has 100 valence electrons. The van der Waals surface area contributed by atoms with Crippen LogP contribution < -0.4 is 9.80 Å². The third kappa shape index (κ3) is 2.96. The van der Waals surface area contributed by atoms with Crippen LogP contribution in [0, 0.1) is 0 Å². The van der Waals surface area contributed by atoms with Crippen LogP contribution >= 0.6 is 0 Å². The molecule has 2 aromatic carbocycles. The third-order valence-electron chi connectivity index (χ3n) is 4.36. The Kier molecular flexibility index (Phi) is 3.81. The zero-order chi connectivity index (χ0) is 13.1. The van der Waals surface area contributed by atoms with E-state index in [0.29, 0.717) is 0 Å². The Hall–Kier alpha value is -1.38. The lowest BCUT2D eigenvalue weighted by Gasteiger charge is -2.17. The Bertz CT molecular complexity index is 544. The van der Waals surface area contributed by atoms with Crippen molar-refractivity contribution in [3.05, 3.63) is 48.0 Å². The molecule has 2 atom stereocenters. The summed E-state index contributed by atoms with van der Waals surface area (Å²) >= 11 is 0. The minimum absolute atomic E-state index is 1.18. The summed E-state index contributed by atoms with van der Waals surface area (Å²) in [5.74, 6) is 0. The highest BCUT2D eigenvalue weighted by Gasteiger charge is 2.18. The van der Waals surface area contributed by atoms with Gasteiger partial charge in [-0.05, 0) is 10.8 Å². The average molecular weight is 256 g/mol. The Morgan fingerprint density at radius 3 is 2.68 bits per heavy atom. The number of fused-ring (bicyclic) bond motifs is 1. The van der Waals surface area contributed by atoms with E-state index in [0.717, 1.165) is 0 Å². The second-order valence-corrected chi connectivity index (χ2v) is 5.88. The van der Waals surface area contributed by atoms with Crippen molar-refractivity contribution in [1.82, 2.24) is 0 Å². The second kappa shape index (κ2) is 5.72. The van der Waals surface area contributed by atoms with Crippen LogP contribution in [0.3, 0.4) is 0 Å². The first kappa shape index (κ1) is 12.6. The molecule has 0 spiro atoms. The predicted octanol–water partition coefficient (Wildman–Crippen LogP) is 0.143. The third-order valence-corrected chi connectivity index (χ3v) is 4.36. The summed E-state index contributed by atoms with van der Waals surface area (Å²) in [6.07, 6.45) is 1.35. The highest BCUT2D eigenvalue weighted by atomic mass is 15.2. The zero-order valence-corrected chi connectivity index (χ0v) is 11.8. The van der Waals surface area contributed by atoms with Gasteiger partial charge in [0.15, 0.2) is 0 Å². The molecule has 0 aromatic heterocycles. The molecule has 1 heterocycles. The number of hydrogen-bond acceptors (Lipinski definition) is 0. The first-order valence-electron chi connectivity index (χ1n) is 7.44. The zero-order valence-electron chi connectivity index (χ0n) is 11.8. The minimum atomic E-state index is 1.18. The number of rotatable bonds is 2. The van der Waals surface area contributed by atoms with Gasteiger partial charge in [0.25, 0.3) is 0 Å². The lowest BCUT2D eigenvalue weighted by molar-refractivity contribution is -0.938.